The van der Waals surface area contributed by atoms with Gasteiger partial charge in [0.2, 0.25) is 5.41 Å². The topological polar surface area (TPSA) is 122 Å². The van der Waals surface area contributed by atoms with E-state index in [1.165, 1.54) is 25.1 Å². The van der Waals surface area contributed by atoms with Gasteiger partial charge in [-0.3, -0.25) is 24.5 Å². The largest absolute Gasteiger partial charge is 0.411 e. The highest BCUT2D eigenvalue weighted by atomic mass is 19.4. The normalized spacial score (nSPS) is 17.1. The molecular formula is C25H20F3N5O4. The summed E-state index contributed by atoms with van der Waals surface area (Å²) in [7, 11) is 0. The molecule has 1 amide bonds. The zero-order valence-corrected chi connectivity index (χ0v) is 19.8. The zero-order chi connectivity index (χ0) is 26.9. The third-order valence-electron chi connectivity index (χ3n) is 6.69. The summed E-state index contributed by atoms with van der Waals surface area (Å²) in [5, 5.41) is 4.69. The van der Waals surface area contributed by atoms with Gasteiger partial charge in [0, 0.05) is 5.69 Å². The van der Waals surface area contributed by atoms with E-state index in [2.05, 4.69) is 10.4 Å². The molecule has 0 bridgehead atoms. The van der Waals surface area contributed by atoms with Crippen molar-refractivity contribution in [2.24, 2.45) is 0 Å². The van der Waals surface area contributed by atoms with Crippen LogP contribution in [0, 0.1) is 20.8 Å². The first kappa shape index (κ1) is 24.1. The van der Waals surface area contributed by atoms with Gasteiger partial charge in [0.05, 0.1) is 22.5 Å². The van der Waals surface area contributed by atoms with Gasteiger partial charge in [-0.2, -0.15) is 13.2 Å². The highest BCUT2D eigenvalue weighted by molar-refractivity contribution is 6.09. The average molecular weight is 511 g/mol. The Morgan fingerprint density at radius 3 is 2.14 bits per heavy atom. The Morgan fingerprint density at radius 2 is 1.51 bits per heavy atom. The van der Waals surface area contributed by atoms with E-state index in [9.17, 15) is 19.2 Å². The van der Waals surface area contributed by atoms with Crippen LogP contribution in [-0.4, -0.2) is 31.4 Å². The monoisotopic (exact) mass is 511 g/mol. The second kappa shape index (κ2) is 7.95. The molecule has 9 nitrogen and oxygen atoms in total. The Bertz CT molecular complexity index is 1760. The Balaban J connectivity index is 1.90. The first-order chi connectivity index (χ1) is 17.4. The molecule has 12 heteroatoms. The summed E-state index contributed by atoms with van der Waals surface area (Å²) in [6, 6.07) is 12.5. The van der Waals surface area contributed by atoms with Crippen molar-refractivity contribution in [2.75, 3.05) is 5.32 Å². The van der Waals surface area contributed by atoms with Crippen molar-refractivity contribution in [3.63, 3.8) is 0 Å². The predicted molar refractivity (Wildman–Crippen MR) is 129 cm³/mol. The number of para-hydroxylation sites is 1. The summed E-state index contributed by atoms with van der Waals surface area (Å²) in [6.45, 7) is 4.76. The van der Waals surface area contributed by atoms with Crippen LogP contribution in [0.3, 0.4) is 0 Å². The maximum absolute atomic E-state index is 15.1. The Morgan fingerprint density at radius 1 is 0.838 bits per heavy atom. The number of amides is 1. The van der Waals surface area contributed by atoms with Crippen LogP contribution >= 0.6 is 0 Å². The van der Waals surface area contributed by atoms with Crippen molar-refractivity contribution < 1.29 is 18.0 Å². The maximum atomic E-state index is 15.1. The quantitative estimate of drug-likeness (QED) is 0.392. The highest BCUT2D eigenvalue weighted by Gasteiger charge is 2.70. The minimum Gasteiger partial charge on any atom is -0.310 e. The first-order valence-corrected chi connectivity index (χ1v) is 11.1. The van der Waals surface area contributed by atoms with Crippen LogP contribution < -0.4 is 22.1 Å². The van der Waals surface area contributed by atoms with Crippen molar-refractivity contribution in [3.8, 4) is 11.4 Å². The smallest absolute Gasteiger partial charge is 0.310 e. The molecule has 0 saturated carbocycles. The molecule has 1 aliphatic rings. The van der Waals surface area contributed by atoms with E-state index in [1.807, 2.05) is 11.9 Å². The Labute approximate surface area is 206 Å². The van der Waals surface area contributed by atoms with Gasteiger partial charge in [-0.1, -0.05) is 24.3 Å². The molecule has 1 aliphatic heterocycles. The average Bonchev–Trinajstić information content (AvgIpc) is 3.29. The van der Waals surface area contributed by atoms with Crippen LogP contribution in [0.1, 0.15) is 27.9 Å². The van der Waals surface area contributed by atoms with Crippen molar-refractivity contribution in [2.45, 2.75) is 32.4 Å². The molecule has 3 heterocycles. The number of hydrogen-bond donors (Lipinski definition) is 3. The second-order valence-corrected chi connectivity index (χ2v) is 8.88. The lowest BCUT2D eigenvalue weighted by Gasteiger charge is -2.28. The number of nitrogens with zero attached hydrogens (tertiary/aromatic N) is 2. The van der Waals surface area contributed by atoms with Crippen LogP contribution in [0.5, 0.6) is 0 Å². The number of H-pyrrole nitrogens is 2. The lowest BCUT2D eigenvalue weighted by Crippen LogP contribution is -2.54. The number of carbonyl (C=O) groups excluding carboxylic acids is 1. The molecule has 0 unspecified atom stereocenters. The number of benzene rings is 2. The van der Waals surface area contributed by atoms with Crippen molar-refractivity contribution in [1.29, 1.82) is 0 Å². The first-order valence-electron chi connectivity index (χ1n) is 11.1. The molecule has 1 atom stereocenters. The van der Waals surface area contributed by atoms with E-state index in [0.717, 1.165) is 20.4 Å². The third-order valence-corrected chi connectivity index (χ3v) is 6.69. The van der Waals surface area contributed by atoms with Gasteiger partial charge in [-0.15, -0.1) is 0 Å². The number of anilines is 1. The van der Waals surface area contributed by atoms with E-state index in [-0.39, 0.29) is 17.1 Å². The summed E-state index contributed by atoms with van der Waals surface area (Å²) in [5.74, 6) is -2.31. The number of nitrogens with one attached hydrogen (secondary N) is 3. The predicted octanol–water partition coefficient (Wildman–Crippen LogP) is 2.73. The molecule has 3 N–H and O–H groups in total. The molecule has 190 valence electrons. The molecule has 2 aromatic carbocycles. The number of aryl methyl sites for hydroxylation is 3. The summed E-state index contributed by atoms with van der Waals surface area (Å²) in [4.78, 5) is 54.6. The minimum atomic E-state index is -5.43. The fourth-order valence-corrected chi connectivity index (χ4v) is 4.83. The van der Waals surface area contributed by atoms with Gasteiger partial charge in [0.1, 0.15) is 5.82 Å². The van der Waals surface area contributed by atoms with Crippen LogP contribution in [-0.2, 0) is 10.2 Å². The molecule has 5 rings (SSSR count). The van der Waals surface area contributed by atoms with E-state index in [1.54, 1.807) is 37.3 Å². The number of hydrogen-bond acceptors (Lipinski definition) is 4. The van der Waals surface area contributed by atoms with Crippen molar-refractivity contribution in [1.82, 2.24) is 19.3 Å². The third kappa shape index (κ3) is 3.25. The van der Waals surface area contributed by atoms with E-state index in [4.69, 9.17) is 0 Å². The number of aromatic amines is 2. The summed E-state index contributed by atoms with van der Waals surface area (Å²) >= 11 is 0. The molecule has 2 aromatic heterocycles. The van der Waals surface area contributed by atoms with Crippen LogP contribution in [0.2, 0.25) is 0 Å². The standard InChI is InChI=1S/C25H20F3N5O4/c1-12-9-10-16(11-13(12)2)32-19-18(20(34)30-23(32)37)24(22(36)29-19,25(26,27)28)17-14(3)31-33(21(17)35)15-7-5-4-6-8-15/h4-11,31H,1-3H3,(H,29,36)(H,30,34,37)/t24-/m0/s1. The molecule has 4 aromatic rings. The van der Waals surface area contributed by atoms with E-state index < -0.39 is 51.3 Å². The number of rotatable bonds is 3. The number of halogens is 3. The van der Waals surface area contributed by atoms with Gasteiger partial charge in [0.15, 0.2) is 0 Å². The lowest BCUT2D eigenvalue weighted by molar-refractivity contribution is -0.181. The summed E-state index contributed by atoms with van der Waals surface area (Å²) in [6.07, 6.45) is -5.43. The van der Waals surface area contributed by atoms with Gasteiger partial charge in [0.25, 0.3) is 17.0 Å². The molecule has 0 saturated heterocycles. The summed E-state index contributed by atoms with van der Waals surface area (Å²) in [5.41, 5.74) is -7.68. The van der Waals surface area contributed by atoms with Crippen molar-refractivity contribution >= 4 is 11.7 Å². The van der Waals surface area contributed by atoms with Crippen LogP contribution in [0.4, 0.5) is 19.0 Å². The van der Waals surface area contributed by atoms with Crippen LogP contribution in [0.15, 0.2) is 62.9 Å². The molecule has 0 radical (unpaired) electrons. The molecule has 37 heavy (non-hydrogen) atoms. The molecule has 0 aliphatic carbocycles. The minimum absolute atomic E-state index is 0.131. The van der Waals surface area contributed by atoms with Gasteiger partial charge >= 0.3 is 11.9 Å². The number of alkyl halides is 3. The molecular weight excluding hydrogens is 491 g/mol. The summed E-state index contributed by atoms with van der Waals surface area (Å²) < 4.78 is 46.9. The fraction of sp³-hybridized carbons (Fsp3) is 0.200. The molecule has 0 spiro atoms. The SMILES string of the molecule is Cc1ccc(-n2c3c(c(=O)[nH]c2=O)[C@](c2c(C)[nH]n(-c4ccccc4)c2=O)(C(F)(F)F)C(=O)N3)cc1C. The Hall–Kier alpha value is -4.61. The van der Waals surface area contributed by atoms with Gasteiger partial charge < -0.3 is 5.32 Å². The lowest BCUT2D eigenvalue weighted by atomic mass is 9.75. The van der Waals surface area contributed by atoms with Crippen LogP contribution in [0.25, 0.3) is 11.4 Å². The highest BCUT2D eigenvalue weighted by Crippen LogP contribution is 2.51. The maximum Gasteiger partial charge on any atom is 0.411 e. The number of fused-ring (bicyclic) bond motifs is 1. The van der Waals surface area contributed by atoms with E-state index >= 15 is 13.2 Å². The number of aromatic nitrogens is 4. The second-order valence-electron chi connectivity index (χ2n) is 8.88. The van der Waals surface area contributed by atoms with Gasteiger partial charge in [-0.25, -0.2) is 14.0 Å². The molecule has 0 fully saturated rings. The number of carbonyl (C=O) groups is 1. The van der Waals surface area contributed by atoms with Crippen molar-refractivity contribution in [3.05, 3.63) is 108 Å². The van der Waals surface area contributed by atoms with E-state index in [0.29, 0.717) is 0 Å². The van der Waals surface area contributed by atoms with Gasteiger partial charge in [-0.05, 0) is 56.2 Å². The zero-order valence-electron chi connectivity index (χ0n) is 19.8. The Kier molecular flexibility index (Phi) is 5.18. The fourth-order valence-electron chi connectivity index (χ4n) is 4.83.